The number of esters is 1. The molecule has 0 aromatic heterocycles. The van der Waals surface area contributed by atoms with Crippen molar-refractivity contribution in [2.45, 2.75) is 65.1 Å². The Bertz CT molecular complexity index is 1450. The number of nitrogens with one attached hydrogen (secondary N) is 3. The maximum atomic E-state index is 13.2. The minimum atomic E-state index is -0.759. The van der Waals surface area contributed by atoms with Crippen LogP contribution < -0.4 is 25.4 Å². The highest BCUT2D eigenvalue weighted by molar-refractivity contribution is 5.98. The predicted molar refractivity (Wildman–Crippen MR) is 162 cm³/mol. The normalized spacial score (nSPS) is 13.3. The third kappa shape index (κ3) is 10.3. The van der Waals surface area contributed by atoms with Crippen LogP contribution in [0.25, 0.3) is 6.08 Å². The van der Waals surface area contributed by atoms with Gasteiger partial charge in [0.05, 0.1) is 37.0 Å². The molecule has 0 unspecified atom stereocenters. The van der Waals surface area contributed by atoms with Crippen molar-refractivity contribution in [1.29, 1.82) is 5.26 Å². The average Bonchev–Trinajstić information content (AvgIpc) is 3.47. The molecule has 1 fully saturated rings. The van der Waals surface area contributed by atoms with Crippen molar-refractivity contribution in [3.63, 3.8) is 0 Å². The number of hydrogen-bond acceptors (Lipinski definition) is 9. The molecule has 1 aliphatic rings. The molecule has 0 bridgehead atoms. The third-order valence-corrected chi connectivity index (χ3v) is 6.27. The van der Waals surface area contributed by atoms with Crippen LogP contribution in [0.3, 0.4) is 0 Å². The number of nitriles is 1. The SMILES string of the molecule is COC(=O)C(=Cc1ccc(C#N)cc1OCCNC(=O)c1ccc(NC(=O)OC(C)(C)C)cc1OC1CCCC1)NC(C)=O. The highest BCUT2D eigenvalue weighted by Crippen LogP contribution is 2.30. The predicted octanol–water partition coefficient (Wildman–Crippen LogP) is 4.69. The molecule has 0 radical (unpaired) electrons. The summed E-state index contributed by atoms with van der Waals surface area (Å²) in [4.78, 5) is 49.2. The van der Waals surface area contributed by atoms with Crippen molar-refractivity contribution in [1.82, 2.24) is 10.6 Å². The molecule has 0 spiro atoms. The van der Waals surface area contributed by atoms with Crippen molar-refractivity contribution in [3.05, 3.63) is 58.8 Å². The molecule has 234 valence electrons. The topological polar surface area (TPSA) is 165 Å². The second-order valence-corrected chi connectivity index (χ2v) is 11.1. The molecule has 0 saturated heterocycles. The van der Waals surface area contributed by atoms with Gasteiger partial charge in [0.1, 0.15) is 29.4 Å². The zero-order valence-electron chi connectivity index (χ0n) is 25.6. The third-order valence-electron chi connectivity index (χ3n) is 6.27. The lowest BCUT2D eigenvalue weighted by molar-refractivity contribution is -0.137. The number of benzene rings is 2. The first kappa shape index (κ1) is 33.5. The van der Waals surface area contributed by atoms with Crippen molar-refractivity contribution in [3.8, 4) is 17.6 Å². The van der Waals surface area contributed by atoms with Gasteiger partial charge in [0.15, 0.2) is 0 Å². The molecule has 2 aromatic carbocycles. The minimum Gasteiger partial charge on any atom is -0.491 e. The van der Waals surface area contributed by atoms with Crippen molar-refractivity contribution < 1.29 is 38.1 Å². The standard InChI is InChI=1S/C32H38N4O8/c1-20(37)35-26(30(39)41-5)17-22-11-10-21(19-33)16-27(22)42-15-14-34-29(38)25-13-12-23(36-31(40)44-32(2,3)4)18-28(25)43-24-8-6-7-9-24/h10-13,16-18,24H,6-9,14-15H2,1-5H3,(H,34,38)(H,35,37)(H,36,40). The fourth-order valence-electron chi connectivity index (χ4n) is 4.36. The summed E-state index contributed by atoms with van der Waals surface area (Å²) in [6.45, 7) is 6.66. The lowest BCUT2D eigenvalue weighted by Gasteiger charge is -2.21. The van der Waals surface area contributed by atoms with Crippen LogP contribution in [0, 0.1) is 11.3 Å². The molecule has 0 aliphatic heterocycles. The molecule has 44 heavy (non-hydrogen) atoms. The van der Waals surface area contributed by atoms with Gasteiger partial charge in [0, 0.05) is 24.2 Å². The Hall–Kier alpha value is -5.05. The van der Waals surface area contributed by atoms with E-state index in [0.717, 1.165) is 25.7 Å². The number of hydrogen-bond donors (Lipinski definition) is 3. The molecule has 1 aliphatic carbocycles. The van der Waals surface area contributed by atoms with E-state index in [4.69, 9.17) is 18.9 Å². The molecule has 12 heteroatoms. The molecule has 12 nitrogen and oxygen atoms in total. The smallest absolute Gasteiger partial charge is 0.412 e. The summed E-state index contributed by atoms with van der Waals surface area (Å²) in [7, 11) is 1.19. The minimum absolute atomic E-state index is 0.0201. The van der Waals surface area contributed by atoms with Crippen LogP contribution in [0.2, 0.25) is 0 Å². The van der Waals surface area contributed by atoms with Gasteiger partial charge in [-0.15, -0.1) is 0 Å². The second-order valence-electron chi connectivity index (χ2n) is 11.1. The Kier molecular flexibility index (Phi) is 11.7. The maximum absolute atomic E-state index is 13.2. The molecule has 0 atom stereocenters. The van der Waals surface area contributed by atoms with Crippen LogP contribution >= 0.6 is 0 Å². The fraction of sp³-hybridized carbons (Fsp3) is 0.406. The monoisotopic (exact) mass is 606 g/mol. The highest BCUT2D eigenvalue weighted by Gasteiger charge is 2.22. The summed E-state index contributed by atoms with van der Waals surface area (Å²) in [5, 5.41) is 17.2. The Morgan fingerprint density at radius 1 is 1.05 bits per heavy atom. The lowest BCUT2D eigenvalue weighted by atomic mass is 10.1. The van der Waals surface area contributed by atoms with Crippen molar-refractivity contribution in [2.75, 3.05) is 25.6 Å². The number of ether oxygens (including phenoxy) is 4. The molecule has 0 heterocycles. The molecule has 2 aromatic rings. The van der Waals surface area contributed by atoms with Crippen LogP contribution in [0.1, 0.15) is 74.9 Å². The van der Waals surface area contributed by atoms with Crippen LogP contribution in [0.15, 0.2) is 42.1 Å². The molecule has 1 saturated carbocycles. The summed E-state index contributed by atoms with van der Waals surface area (Å²) in [5.41, 5.74) is 0.661. The summed E-state index contributed by atoms with van der Waals surface area (Å²) in [6, 6.07) is 11.4. The van der Waals surface area contributed by atoms with Gasteiger partial charge in [-0.25, -0.2) is 9.59 Å². The number of carbonyl (C=O) groups excluding carboxylic acids is 4. The van der Waals surface area contributed by atoms with Crippen LogP contribution in [0.5, 0.6) is 11.5 Å². The number of methoxy groups -OCH3 is 1. The van der Waals surface area contributed by atoms with E-state index in [1.54, 1.807) is 45.0 Å². The highest BCUT2D eigenvalue weighted by atomic mass is 16.6. The van der Waals surface area contributed by atoms with Gasteiger partial charge in [-0.05, 0) is 82.9 Å². The first-order valence-corrected chi connectivity index (χ1v) is 14.2. The van der Waals surface area contributed by atoms with E-state index in [1.165, 1.54) is 32.2 Å². The van der Waals surface area contributed by atoms with E-state index in [2.05, 4.69) is 16.0 Å². The van der Waals surface area contributed by atoms with Crippen LogP contribution in [-0.4, -0.2) is 55.8 Å². The molecule has 3 rings (SSSR count). The Morgan fingerprint density at radius 3 is 2.41 bits per heavy atom. The van der Waals surface area contributed by atoms with E-state index in [9.17, 15) is 24.4 Å². The van der Waals surface area contributed by atoms with Crippen LogP contribution in [0.4, 0.5) is 10.5 Å². The zero-order chi connectivity index (χ0) is 32.3. The fourth-order valence-corrected chi connectivity index (χ4v) is 4.36. The summed E-state index contributed by atoms with van der Waals surface area (Å²) >= 11 is 0. The summed E-state index contributed by atoms with van der Waals surface area (Å²) in [5.74, 6) is -1.04. The van der Waals surface area contributed by atoms with E-state index in [-0.39, 0.29) is 30.7 Å². The van der Waals surface area contributed by atoms with Gasteiger partial charge < -0.3 is 29.6 Å². The van der Waals surface area contributed by atoms with Crippen molar-refractivity contribution >= 4 is 35.6 Å². The quantitative estimate of drug-likeness (QED) is 0.187. The van der Waals surface area contributed by atoms with Crippen molar-refractivity contribution in [2.24, 2.45) is 0 Å². The first-order chi connectivity index (χ1) is 20.9. The van der Waals surface area contributed by atoms with Gasteiger partial charge in [-0.1, -0.05) is 0 Å². The number of rotatable bonds is 11. The Labute approximate surface area is 256 Å². The number of anilines is 1. The first-order valence-electron chi connectivity index (χ1n) is 14.2. The van der Waals surface area contributed by atoms with Gasteiger partial charge in [-0.3, -0.25) is 14.9 Å². The zero-order valence-corrected chi connectivity index (χ0v) is 25.6. The molecular formula is C32H38N4O8. The lowest BCUT2D eigenvalue weighted by Crippen LogP contribution is -2.29. The molecule has 3 N–H and O–H groups in total. The van der Waals surface area contributed by atoms with E-state index in [0.29, 0.717) is 28.1 Å². The summed E-state index contributed by atoms with van der Waals surface area (Å²) < 4.78 is 22.1. The van der Waals surface area contributed by atoms with E-state index in [1.807, 2.05) is 6.07 Å². The second kappa shape index (κ2) is 15.4. The number of nitrogens with zero attached hydrogens (tertiary/aromatic N) is 1. The Balaban J connectivity index is 1.73. The van der Waals surface area contributed by atoms with Gasteiger partial charge in [0.2, 0.25) is 5.91 Å². The number of carbonyl (C=O) groups is 4. The van der Waals surface area contributed by atoms with Crippen LogP contribution in [-0.2, 0) is 19.1 Å². The Morgan fingerprint density at radius 2 is 1.77 bits per heavy atom. The van der Waals surface area contributed by atoms with E-state index < -0.39 is 29.5 Å². The van der Waals surface area contributed by atoms with Gasteiger partial charge >= 0.3 is 12.1 Å². The maximum Gasteiger partial charge on any atom is 0.412 e. The largest absolute Gasteiger partial charge is 0.491 e. The number of amides is 3. The summed E-state index contributed by atoms with van der Waals surface area (Å²) in [6.07, 6.45) is 4.54. The van der Waals surface area contributed by atoms with E-state index >= 15 is 0 Å². The molecule has 3 amide bonds. The van der Waals surface area contributed by atoms with Gasteiger partial charge in [0.25, 0.3) is 5.91 Å². The van der Waals surface area contributed by atoms with Gasteiger partial charge in [-0.2, -0.15) is 5.26 Å². The molecular weight excluding hydrogens is 568 g/mol. The average molecular weight is 607 g/mol.